The fourth-order valence-electron chi connectivity index (χ4n) is 1.65. The Hall–Kier alpha value is -2.96. The molecule has 2 aromatic rings. The van der Waals surface area contributed by atoms with Gasteiger partial charge < -0.3 is 10.4 Å². The highest BCUT2D eigenvalue weighted by molar-refractivity contribution is 6.05. The van der Waals surface area contributed by atoms with Crippen molar-refractivity contribution in [1.29, 1.82) is 0 Å². The smallest absolute Gasteiger partial charge is 0.273 e. The van der Waals surface area contributed by atoms with E-state index in [1.54, 1.807) is 25.3 Å². The van der Waals surface area contributed by atoms with Crippen LogP contribution in [0.15, 0.2) is 36.5 Å². The number of amides is 1. The van der Waals surface area contributed by atoms with Gasteiger partial charge in [0.15, 0.2) is 0 Å². The second-order valence-electron chi connectivity index (χ2n) is 4.05. The van der Waals surface area contributed by atoms with Crippen molar-refractivity contribution in [2.24, 2.45) is 0 Å². The SMILES string of the molecule is Cc1ncccc1C(=O)Nc1ccc([N+](=O)[O-])cc1O. The number of nitro benzene ring substituents is 1. The first kappa shape index (κ1) is 13.5. The molecule has 0 saturated carbocycles. The highest BCUT2D eigenvalue weighted by atomic mass is 16.6. The average molecular weight is 273 g/mol. The van der Waals surface area contributed by atoms with Crippen molar-refractivity contribution in [3.63, 3.8) is 0 Å². The quantitative estimate of drug-likeness (QED) is 0.507. The van der Waals surface area contributed by atoms with Gasteiger partial charge in [-0.3, -0.25) is 19.9 Å². The van der Waals surface area contributed by atoms with Gasteiger partial charge in [-0.1, -0.05) is 0 Å². The molecule has 102 valence electrons. The van der Waals surface area contributed by atoms with Crippen LogP contribution in [0, 0.1) is 17.0 Å². The topological polar surface area (TPSA) is 105 Å². The van der Waals surface area contributed by atoms with Gasteiger partial charge in [-0.2, -0.15) is 0 Å². The number of carbonyl (C=O) groups excluding carboxylic acids is 1. The Kier molecular flexibility index (Phi) is 3.60. The largest absolute Gasteiger partial charge is 0.506 e. The van der Waals surface area contributed by atoms with E-state index in [-0.39, 0.29) is 17.1 Å². The summed E-state index contributed by atoms with van der Waals surface area (Å²) >= 11 is 0. The van der Waals surface area contributed by atoms with Crippen molar-refractivity contribution in [2.45, 2.75) is 6.92 Å². The van der Waals surface area contributed by atoms with E-state index in [9.17, 15) is 20.0 Å². The normalized spacial score (nSPS) is 10.1. The molecule has 0 aliphatic heterocycles. The maximum atomic E-state index is 12.0. The Labute approximate surface area is 114 Å². The number of rotatable bonds is 3. The average Bonchev–Trinajstić information content (AvgIpc) is 2.41. The predicted molar refractivity (Wildman–Crippen MR) is 71.7 cm³/mol. The molecular weight excluding hydrogens is 262 g/mol. The van der Waals surface area contributed by atoms with Crippen LogP contribution in [0.1, 0.15) is 16.1 Å². The number of carbonyl (C=O) groups is 1. The molecule has 1 amide bonds. The van der Waals surface area contributed by atoms with Crippen molar-refractivity contribution < 1.29 is 14.8 Å². The lowest BCUT2D eigenvalue weighted by atomic mass is 10.2. The summed E-state index contributed by atoms with van der Waals surface area (Å²) < 4.78 is 0. The molecule has 1 aromatic carbocycles. The lowest BCUT2D eigenvalue weighted by Gasteiger charge is -2.08. The lowest BCUT2D eigenvalue weighted by molar-refractivity contribution is -0.384. The van der Waals surface area contributed by atoms with Gasteiger partial charge in [0, 0.05) is 18.0 Å². The van der Waals surface area contributed by atoms with Gasteiger partial charge in [0.2, 0.25) is 0 Å². The predicted octanol–water partition coefficient (Wildman–Crippen LogP) is 2.26. The minimum Gasteiger partial charge on any atom is -0.506 e. The molecule has 0 aliphatic rings. The van der Waals surface area contributed by atoms with E-state index in [0.717, 1.165) is 6.07 Å². The number of phenols is 1. The van der Waals surface area contributed by atoms with Crippen molar-refractivity contribution in [3.8, 4) is 5.75 Å². The van der Waals surface area contributed by atoms with E-state index >= 15 is 0 Å². The van der Waals surface area contributed by atoms with Crippen LogP contribution in [-0.2, 0) is 0 Å². The van der Waals surface area contributed by atoms with E-state index in [1.807, 2.05) is 0 Å². The highest BCUT2D eigenvalue weighted by Gasteiger charge is 2.14. The zero-order valence-corrected chi connectivity index (χ0v) is 10.5. The van der Waals surface area contributed by atoms with E-state index in [0.29, 0.717) is 11.3 Å². The molecular formula is C13H11N3O4. The molecule has 0 saturated heterocycles. The fourth-order valence-corrected chi connectivity index (χ4v) is 1.65. The van der Waals surface area contributed by atoms with Gasteiger partial charge in [-0.05, 0) is 25.1 Å². The molecule has 0 radical (unpaired) electrons. The summed E-state index contributed by atoms with van der Waals surface area (Å²) in [6.07, 6.45) is 1.56. The minimum atomic E-state index is -0.628. The molecule has 7 heteroatoms. The van der Waals surface area contributed by atoms with E-state index < -0.39 is 10.8 Å². The molecule has 0 spiro atoms. The van der Waals surface area contributed by atoms with Gasteiger partial charge in [0.1, 0.15) is 5.75 Å². The fraction of sp³-hybridized carbons (Fsp3) is 0.0769. The third-order valence-corrected chi connectivity index (χ3v) is 2.69. The van der Waals surface area contributed by atoms with Crippen LogP contribution in [0.3, 0.4) is 0 Å². The summed E-state index contributed by atoms with van der Waals surface area (Å²) in [6.45, 7) is 1.69. The molecule has 0 unspecified atom stereocenters. The molecule has 0 bridgehead atoms. The molecule has 7 nitrogen and oxygen atoms in total. The van der Waals surface area contributed by atoms with Crippen LogP contribution in [0.5, 0.6) is 5.75 Å². The number of benzene rings is 1. The molecule has 2 rings (SSSR count). The first-order valence-electron chi connectivity index (χ1n) is 5.69. The maximum absolute atomic E-state index is 12.0. The monoisotopic (exact) mass is 273 g/mol. The van der Waals surface area contributed by atoms with Crippen LogP contribution in [0.2, 0.25) is 0 Å². The van der Waals surface area contributed by atoms with E-state index in [2.05, 4.69) is 10.3 Å². The Balaban J connectivity index is 2.25. The molecule has 1 aromatic heterocycles. The Bertz CT molecular complexity index is 685. The number of hydrogen-bond donors (Lipinski definition) is 2. The summed E-state index contributed by atoms with van der Waals surface area (Å²) in [5, 5.41) is 22.7. The number of phenolic OH excluding ortho intramolecular Hbond substituents is 1. The zero-order chi connectivity index (χ0) is 14.7. The summed E-state index contributed by atoms with van der Waals surface area (Å²) in [6, 6.07) is 6.67. The van der Waals surface area contributed by atoms with Crippen LogP contribution in [-0.4, -0.2) is 20.9 Å². The second kappa shape index (κ2) is 5.35. The van der Waals surface area contributed by atoms with Crippen molar-refractivity contribution >= 4 is 17.3 Å². The third-order valence-electron chi connectivity index (χ3n) is 2.69. The number of nitrogens with one attached hydrogen (secondary N) is 1. The Morgan fingerprint density at radius 2 is 2.15 bits per heavy atom. The van der Waals surface area contributed by atoms with Crippen molar-refractivity contribution in [2.75, 3.05) is 5.32 Å². The molecule has 20 heavy (non-hydrogen) atoms. The van der Waals surface area contributed by atoms with Gasteiger partial charge in [-0.25, -0.2) is 0 Å². The van der Waals surface area contributed by atoms with Crippen molar-refractivity contribution in [3.05, 3.63) is 57.9 Å². The first-order valence-corrected chi connectivity index (χ1v) is 5.69. The lowest BCUT2D eigenvalue weighted by Crippen LogP contribution is -2.14. The van der Waals surface area contributed by atoms with E-state index in [4.69, 9.17) is 0 Å². The van der Waals surface area contributed by atoms with Crippen LogP contribution in [0.4, 0.5) is 11.4 Å². The summed E-state index contributed by atoms with van der Waals surface area (Å²) in [5.74, 6) is -0.811. The minimum absolute atomic E-state index is 0.101. The molecule has 0 atom stereocenters. The van der Waals surface area contributed by atoms with Gasteiger partial charge >= 0.3 is 0 Å². The molecule has 0 aliphatic carbocycles. The Morgan fingerprint density at radius 3 is 2.75 bits per heavy atom. The number of hydrogen-bond acceptors (Lipinski definition) is 5. The zero-order valence-electron chi connectivity index (χ0n) is 10.5. The number of nitrogens with zero attached hydrogens (tertiary/aromatic N) is 2. The Morgan fingerprint density at radius 1 is 1.40 bits per heavy atom. The summed E-state index contributed by atoms with van der Waals surface area (Å²) in [7, 11) is 0. The molecule has 1 heterocycles. The summed E-state index contributed by atoms with van der Waals surface area (Å²) in [5.41, 5.74) is 0.763. The number of anilines is 1. The third kappa shape index (κ3) is 2.72. The number of aromatic hydroxyl groups is 1. The maximum Gasteiger partial charge on any atom is 0.273 e. The van der Waals surface area contributed by atoms with Crippen molar-refractivity contribution in [1.82, 2.24) is 4.98 Å². The standard InChI is InChI=1S/C13H11N3O4/c1-8-10(3-2-6-14-8)13(18)15-11-5-4-9(16(19)20)7-12(11)17/h2-7,17H,1H3,(H,15,18). The van der Waals surface area contributed by atoms with Gasteiger partial charge in [-0.15, -0.1) is 0 Å². The highest BCUT2D eigenvalue weighted by Crippen LogP contribution is 2.28. The van der Waals surface area contributed by atoms with Crippen LogP contribution in [0.25, 0.3) is 0 Å². The van der Waals surface area contributed by atoms with E-state index in [1.165, 1.54) is 12.1 Å². The number of nitro groups is 1. The second-order valence-corrected chi connectivity index (χ2v) is 4.05. The number of aromatic nitrogens is 1. The number of non-ortho nitro benzene ring substituents is 1. The van der Waals surface area contributed by atoms with Crippen LogP contribution >= 0.6 is 0 Å². The van der Waals surface area contributed by atoms with Gasteiger partial charge in [0.25, 0.3) is 11.6 Å². The first-order chi connectivity index (χ1) is 9.49. The van der Waals surface area contributed by atoms with Gasteiger partial charge in [0.05, 0.1) is 22.2 Å². The number of pyridine rings is 1. The number of aryl methyl sites for hydroxylation is 1. The summed E-state index contributed by atoms with van der Waals surface area (Å²) in [4.78, 5) is 25.9. The molecule has 2 N–H and O–H groups in total. The molecule has 0 fully saturated rings. The van der Waals surface area contributed by atoms with Crippen LogP contribution < -0.4 is 5.32 Å².